The molecular formula is C10H13BN2O2. The lowest BCUT2D eigenvalue weighted by atomic mass is 9.80. The summed E-state index contributed by atoms with van der Waals surface area (Å²) in [4.78, 5) is 3.98. The Morgan fingerprint density at radius 3 is 2.67 bits per heavy atom. The summed E-state index contributed by atoms with van der Waals surface area (Å²) in [6, 6.07) is 3.55. The molecule has 0 bridgehead atoms. The average Bonchev–Trinajstić information content (AvgIpc) is 2.42. The van der Waals surface area contributed by atoms with Gasteiger partial charge in [0.15, 0.2) is 0 Å². The average molecular weight is 204 g/mol. The molecule has 1 fully saturated rings. The Labute approximate surface area is 89.2 Å². The summed E-state index contributed by atoms with van der Waals surface area (Å²) in [5.41, 5.74) is 5.89. The van der Waals surface area contributed by atoms with Gasteiger partial charge >= 0.3 is 7.12 Å². The van der Waals surface area contributed by atoms with Crippen LogP contribution in [-0.4, -0.2) is 17.7 Å². The molecule has 2 heterocycles. The highest BCUT2D eigenvalue weighted by Gasteiger charge is 2.42. The van der Waals surface area contributed by atoms with Crippen LogP contribution in [0.15, 0.2) is 30.7 Å². The molecule has 2 N–H and O–H groups in total. The first-order valence-electron chi connectivity index (χ1n) is 4.74. The van der Waals surface area contributed by atoms with Gasteiger partial charge in [-0.25, -0.2) is 4.98 Å². The molecule has 0 unspecified atom stereocenters. The van der Waals surface area contributed by atoms with Gasteiger partial charge in [-0.15, -0.1) is 0 Å². The summed E-state index contributed by atoms with van der Waals surface area (Å²) in [5, 5.41) is 0. The minimum atomic E-state index is -0.452. The van der Waals surface area contributed by atoms with Crippen LogP contribution < -0.4 is 11.2 Å². The summed E-state index contributed by atoms with van der Waals surface area (Å²) in [7, 11) is -0.430. The molecule has 0 aliphatic carbocycles. The molecule has 5 heteroatoms. The number of nitrogen functional groups attached to an aromatic ring is 1. The summed E-state index contributed by atoms with van der Waals surface area (Å²) in [6.07, 6.45) is 1.65. The lowest BCUT2D eigenvalue weighted by Crippen LogP contribution is -2.34. The molecule has 78 valence electrons. The van der Waals surface area contributed by atoms with Crippen LogP contribution in [0.3, 0.4) is 0 Å². The van der Waals surface area contributed by atoms with E-state index in [0.29, 0.717) is 11.6 Å². The maximum atomic E-state index is 5.68. The third-order valence-corrected chi connectivity index (χ3v) is 2.40. The van der Waals surface area contributed by atoms with Gasteiger partial charge in [-0.05, 0) is 19.9 Å². The van der Waals surface area contributed by atoms with Gasteiger partial charge in [0.1, 0.15) is 11.4 Å². The van der Waals surface area contributed by atoms with Crippen molar-refractivity contribution in [1.82, 2.24) is 4.98 Å². The third kappa shape index (κ3) is 1.83. The van der Waals surface area contributed by atoms with Crippen LogP contribution in [0.1, 0.15) is 13.8 Å². The highest BCUT2D eigenvalue weighted by molar-refractivity contribution is 6.62. The third-order valence-electron chi connectivity index (χ3n) is 2.40. The van der Waals surface area contributed by atoms with Gasteiger partial charge in [0.25, 0.3) is 0 Å². The highest BCUT2D eigenvalue weighted by Crippen LogP contribution is 2.28. The van der Waals surface area contributed by atoms with E-state index in [-0.39, 0.29) is 0 Å². The summed E-state index contributed by atoms with van der Waals surface area (Å²) in [6.45, 7) is 7.64. The van der Waals surface area contributed by atoms with Crippen molar-refractivity contribution in [2.75, 3.05) is 5.73 Å². The minimum absolute atomic E-state index is 0.430. The highest BCUT2D eigenvalue weighted by atomic mass is 16.7. The van der Waals surface area contributed by atoms with Crippen LogP contribution in [-0.2, 0) is 9.31 Å². The van der Waals surface area contributed by atoms with Crippen LogP contribution in [0, 0.1) is 0 Å². The molecule has 0 aromatic carbocycles. The van der Waals surface area contributed by atoms with E-state index >= 15 is 0 Å². The molecule has 1 saturated heterocycles. The van der Waals surface area contributed by atoms with Crippen LogP contribution >= 0.6 is 0 Å². The van der Waals surface area contributed by atoms with E-state index in [0.717, 1.165) is 5.46 Å². The molecule has 1 aromatic rings. The van der Waals surface area contributed by atoms with Crippen LogP contribution in [0.25, 0.3) is 0 Å². The lowest BCUT2D eigenvalue weighted by molar-refractivity contribution is 0.173. The van der Waals surface area contributed by atoms with E-state index in [4.69, 9.17) is 15.0 Å². The van der Waals surface area contributed by atoms with Gasteiger partial charge in [0.2, 0.25) is 0 Å². The van der Waals surface area contributed by atoms with E-state index in [1.807, 2.05) is 19.9 Å². The van der Waals surface area contributed by atoms with Gasteiger partial charge in [0.05, 0.1) is 5.76 Å². The predicted molar refractivity (Wildman–Crippen MR) is 59.4 cm³/mol. The van der Waals surface area contributed by atoms with E-state index in [1.165, 1.54) is 0 Å². The number of hydrogen-bond acceptors (Lipinski definition) is 4. The molecule has 0 saturated carbocycles. The second-order valence-corrected chi connectivity index (χ2v) is 4.02. The Kier molecular flexibility index (Phi) is 2.19. The zero-order chi connectivity index (χ0) is 11.1. The zero-order valence-electron chi connectivity index (χ0n) is 8.86. The molecule has 15 heavy (non-hydrogen) atoms. The lowest BCUT2D eigenvalue weighted by Gasteiger charge is -2.15. The standard InChI is InChI=1S/C10H13BN2O2/c1-7-10(2,3)15-11(14-7)8-4-5-9(12)13-6-8/h4-6H,1H2,2-3H3,(H2,12,13). The van der Waals surface area contributed by atoms with E-state index < -0.39 is 12.7 Å². The normalized spacial score (nSPS) is 19.1. The van der Waals surface area contributed by atoms with Crippen LogP contribution in [0.2, 0.25) is 0 Å². The first-order valence-corrected chi connectivity index (χ1v) is 4.74. The maximum Gasteiger partial charge on any atom is 0.564 e. The van der Waals surface area contributed by atoms with Crippen molar-refractivity contribution in [3.8, 4) is 0 Å². The Morgan fingerprint density at radius 2 is 2.20 bits per heavy atom. The van der Waals surface area contributed by atoms with Crippen LogP contribution in [0.4, 0.5) is 5.82 Å². The van der Waals surface area contributed by atoms with Crippen molar-refractivity contribution >= 4 is 18.4 Å². The van der Waals surface area contributed by atoms with Crippen molar-refractivity contribution in [2.45, 2.75) is 19.4 Å². The number of pyridine rings is 1. The summed E-state index contributed by atoms with van der Waals surface area (Å²) < 4.78 is 11.2. The Hall–Kier alpha value is -1.49. The SMILES string of the molecule is C=C1OB(c2ccc(N)nc2)OC1(C)C. The van der Waals surface area contributed by atoms with Crippen molar-refractivity contribution in [3.63, 3.8) is 0 Å². The Morgan fingerprint density at radius 1 is 1.47 bits per heavy atom. The molecule has 0 radical (unpaired) electrons. The Bertz CT molecular complexity index is 389. The molecule has 1 aliphatic rings. The molecule has 0 spiro atoms. The van der Waals surface area contributed by atoms with Crippen LogP contribution in [0.5, 0.6) is 0 Å². The molecule has 0 atom stereocenters. The van der Waals surface area contributed by atoms with E-state index in [1.54, 1.807) is 12.3 Å². The second-order valence-electron chi connectivity index (χ2n) is 4.02. The fourth-order valence-electron chi connectivity index (χ4n) is 1.32. The van der Waals surface area contributed by atoms with Crippen molar-refractivity contribution < 1.29 is 9.31 Å². The topological polar surface area (TPSA) is 57.4 Å². The smallest absolute Gasteiger partial charge is 0.534 e. The quantitative estimate of drug-likeness (QED) is 0.684. The maximum absolute atomic E-state index is 5.68. The molecule has 4 nitrogen and oxygen atoms in total. The largest absolute Gasteiger partial charge is 0.564 e. The number of nitrogens with two attached hydrogens (primary N) is 1. The van der Waals surface area contributed by atoms with E-state index in [2.05, 4.69) is 11.6 Å². The molecule has 2 rings (SSSR count). The minimum Gasteiger partial charge on any atom is -0.534 e. The Balaban J connectivity index is 2.21. The van der Waals surface area contributed by atoms with Crippen molar-refractivity contribution in [2.24, 2.45) is 0 Å². The van der Waals surface area contributed by atoms with Gasteiger partial charge in [-0.1, -0.05) is 12.6 Å². The first kappa shape index (κ1) is 10.0. The zero-order valence-corrected chi connectivity index (χ0v) is 8.86. The van der Waals surface area contributed by atoms with Crippen molar-refractivity contribution in [1.29, 1.82) is 0 Å². The monoisotopic (exact) mass is 204 g/mol. The summed E-state index contributed by atoms with van der Waals surface area (Å²) in [5.74, 6) is 1.11. The fourth-order valence-corrected chi connectivity index (χ4v) is 1.32. The number of aromatic nitrogens is 1. The van der Waals surface area contributed by atoms with Gasteiger partial charge in [-0.3, -0.25) is 0 Å². The summed E-state index contributed by atoms with van der Waals surface area (Å²) >= 11 is 0. The number of nitrogens with zero attached hydrogens (tertiary/aromatic N) is 1. The number of hydrogen-bond donors (Lipinski definition) is 1. The fraction of sp³-hybridized carbons (Fsp3) is 0.300. The predicted octanol–water partition coefficient (Wildman–Crippen LogP) is 0.698. The second kappa shape index (κ2) is 3.27. The molecule has 1 aliphatic heterocycles. The van der Waals surface area contributed by atoms with Gasteiger partial charge in [-0.2, -0.15) is 0 Å². The number of rotatable bonds is 1. The van der Waals surface area contributed by atoms with Gasteiger partial charge < -0.3 is 15.0 Å². The first-order chi connectivity index (χ1) is 6.99. The number of anilines is 1. The molecular weight excluding hydrogens is 191 g/mol. The molecule has 0 amide bonds. The molecule has 1 aromatic heterocycles. The van der Waals surface area contributed by atoms with E-state index in [9.17, 15) is 0 Å². The van der Waals surface area contributed by atoms with Gasteiger partial charge in [0, 0.05) is 11.7 Å². The van der Waals surface area contributed by atoms with Crippen molar-refractivity contribution in [3.05, 3.63) is 30.7 Å².